The minimum atomic E-state index is -3.95. The number of sulfonamides is 1. The van der Waals surface area contributed by atoms with Gasteiger partial charge in [0.15, 0.2) is 0 Å². The first kappa shape index (κ1) is 17.1. The van der Waals surface area contributed by atoms with E-state index in [9.17, 15) is 17.6 Å². The topological polar surface area (TPSA) is 72.5 Å². The van der Waals surface area contributed by atoms with Crippen LogP contribution in [0.2, 0.25) is 0 Å². The first-order chi connectivity index (χ1) is 10.3. The van der Waals surface area contributed by atoms with Gasteiger partial charge in [0.25, 0.3) is 0 Å². The minimum absolute atomic E-state index is 0.0234. The van der Waals surface area contributed by atoms with Crippen LogP contribution in [0.3, 0.4) is 0 Å². The Bertz CT molecular complexity index is 804. The Morgan fingerprint density at radius 2 is 2.14 bits per heavy atom. The van der Waals surface area contributed by atoms with Crippen LogP contribution in [0.15, 0.2) is 39.0 Å². The summed E-state index contributed by atoms with van der Waals surface area (Å²) in [5.74, 6) is -1.26. The minimum Gasteiger partial charge on any atom is -0.465 e. The molecule has 0 fully saturated rings. The molecule has 9 heteroatoms. The molecule has 1 N–H and O–H groups in total. The van der Waals surface area contributed by atoms with Crippen molar-refractivity contribution in [1.82, 2.24) is 4.72 Å². The number of ether oxygens (including phenoxy) is 1. The number of hydrogen-bond donors (Lipinski definition) is 1. The molecule has 0 atom stereocenters. The van der Waals surface area contributed by atoms with Crippen LogP contribution in [0, 0.1) is 5.82 Å². The molecular formula is C13H11BrFNO4S2. The average molecular weight is 408 g/mol. The van der Waals surface area contributed by atoms with Crippen molar-refractivity contribution < 1.29 is 22.3 Å². The van der Waals surface area contributed by atoms with E-state index in [2.05, 4.69) is 25.4 Å². The van der Waals surface area contributed by atoms with E-state index in [0.29, 0.717) is 4.47 Å². The van der Waals surface area contributed by atoms with E-state index < -0.39 is 21.8 Å². The van der Waals surface area contributed by atoms with Crippen LogP contribution < -0.4 is 4.72 Å². The standard InChI is InChI=1S/C13H11BrFNO4S2/c1-20-13(17)12-11(4-5-21-12)22(18,19)16-7-8-6-9(14)2-3-10(8)15/h2-6,16H,7H2,1H3. The maximum Gasteiger partial charge on any atom is 0.349 e. The zero-order chi connectivity index (χ0) is 16.3. The largest absolute Gasteiger partial charge is 0.465 e. The molecule has 2 rings (SSSR count). The highest BCUT2D eigenvalue weighted by molar-refractivity contribution is 9.10. The third-order valence-electron chi connectivity index (χ3n) is 2.75. The molecule has 0 spiro atoms. The number of thiophene rings is 1. The molecule has 0 unspecified atom stereocenters. The van der Waals surface area contributed by atoms with Crippen LogP contribution in [0.5, 0.6) is 0 Å². The summed E-state index contributed by atoms with van der Waals surface area (Å²) in [6, 6.07) is 5.53. The van der Waals surface area contributed by atoms with Gasteiger partial charge >= 0.3 is 5.97 Å². The van der Waals surface area contributed by atoms with Gasteiger partial charge in [0, 0.05) is 16.6 Å². The van der Waals surface area contributed by atoms with Gasteiger partial charge in [-0.25, -0.2) is 22.3 Å². The monoisotopic (exact) mass is 407 g/mol. The Balaban J connectivity index is 2.24. The highest BCUT2D eigenvalue weighted by Crippen LogP contribution is 2.23. The van der Waals surface area contributed by atoms with Gasteiger partial charge in [0.1, 0.15) is 15.6 Å². The summed E-state index contributed by atoms with van der Waals surface area (Å²) in [4.78, 5) is 11.3. The second kappa shape index (κ2) is 6.86. The number of esters is 1. The van der Waals surface area contributed by atoms with E-state index in [1.54, 1.807) is 0 Å². The Morgan fingerprint density at radius 1 is 1.41 bits per heavy atom. The quantitative estimate of drug-likeness (QED) is 0.773. The molecule has 0 bridgehead atoms. The maximum atomic E-state index is 13.6. The fraction of sp³-hybridized carbons (Fsp3) is 0.154. The molecule has 0 amide bonds. The van der Waals surface area contributed by atoms with Crippen molar-refractivity contribution in [1.29, 1.82) is 0 Å². The lowest BCUT2D eigenvalue weighted by Gasteiger charge is -2.08. The molecule has 0 saturated heterocycles. The summed E-state index contributed by atoms with van der Waals surface area (Å²) in [6.07, 6.45) is 0. The number of nitrogens with one attached hydrogen (secondary N) is 1. The first-order valence-corrected chi connectivity index (χ1v) is 9.10. The second-order valence-corrected chi connectivity index (χ2v) is 7.73. The van der Waals surface area contributed by atoms with Gasteiger partial charge < -0.3 is 4.74 Å². The van der Waals surface area contributed by atoms with Gasteiger partial charge in [0.05, 0.1) is 7.11 Å². The van der Waals surface area contributed by atoms with Crippen LogP contribution >= 0.6 is 27.3 Å². The Kier molecular flexibility index (Phi) is 5.32. The summed E-state index contributed by atoms with van der Waals surface area (Å²) in [7, 11) is -2.78. The van der Waals surface area contributed by atoms with Gasteiger partial charge in [-0.1, -0.05) is 15.9 Å². The molecule has 1 aromatic heterocycles. The van der Waals surface area contributed by atoms with Gasteiger partial charge in [-0.05, 0) is 29.6 Å². The normalized spacial score (nSPS) is 11.4. The lowest BCUT2D eigenvalue weighted by molar-refractivity contribution is 0.0602. The Morgan fingerprint density at radius 3 is 2.82 bits per heavy atom. The van der Waals surface area contributed by atoms with E-state index in [-0.39, 0.29) is 21.9 Å². The van der Waals surface area contributed by atoms with Crippen molar-refractivity contribution in [2.24, 2.45) is 0 Å². The lowest BCUT2D eigenvalue weighted by Crippen LogP contribution is -2.25. The van der Waals surface area contributed by atoms with Crippen molar-refractivity contribution in [3.8, 4) is 0 Å². The number of hydrogen-bond acceptors (Lipinski definition) is 5. The second-order valence-electron chi connectivity index (χ2n) is 4.17. The molecule has 2 aromatic rings. The number of carbonyl (C=O) groups is 1. The predicted octanol–water partition coefficient (Wildman–Crippen LogP) is 2.91. The summed E-state index contributed by atoms with van der Waals surface area (Å²) >= 11 is 4.15. The first-order valence-electron chi connectivity index (χ1n) is 5.94. The van der Waals surface area contributed by atoms with Crippen LogP contribution in [-0.4, -0.2) is 21.5 Å². The van der Waals surface area contributed by atoms with E-state index in [0.717, 1.165) is 11.3 Å². The zero-order valence-corrected chi connectivity index (χ0v) is 14.5. The number of carbonyl (C=O) groups excluding carboxylic acids is 1. The molecule has 1 heterocycles. The van der Waals surface area contributed by atoms with Crippen LogP contribution in [0.25, 0.3) is 0 Å². The molecule has 118 valence electrons. The van der Waals surface area contributed by atoms with Gasteiger partial charge in [-0.2, -0.15) is 0 Å². The predicted molar refractivity (Wildman–Crippen MR) is 83.8 cm³/mol. The number of halogens is 2. The molecule has 0 aliphatic rings. The summed E-state index contributed by atoms with van der Waals surface area (Å²) < 4.78 is 45.6. The van der Waals surface area contributed by atoms with Gasteiger partial charge in [-0.3, -0.25) is 0 Å². The average Bonchev–Trinajstić information content (AvgIpc) is 2.98. The molecule has 0 radical (unpaired) electrons. The van der Waals surface area contributed by atoms with E-state index in [1.165, 1.54) is 36.8 Å². The van der Waals surface area contributed by atoms with Crippen LogP contribution in [0.4, 0.5) is 4.39 Å². The number of rotatable bonds is 5. The fourth-order valence-corrected chi connectivity index (χ4v) is 4.43. The molecule has 22 heavy (non-hydrogen) atoms. The van der Waals surface area contributed by atoms with E-state index in [1.807, 2.05) is 0 Å². The van der Waals surface area contributed by atoms with Crippen molar-refractivity contribution in [2.75, 3.05) is 7.11 Å². The maximum absolute atomic E-state index is 13.6. The van der Waals surface area contributed by atoms with Crippen LogP contribution in [0.1, 0.15) is 15.2 Å². The third-order valence-corrected chi connectivity index (χ3v) is 5.71. The number of methoxy groups -OCH3 is 1. The smallest absolute Gasteiger partial charge is 0.349 e. The third kappa shape index (κ3) is 3.72. The molecular weight excluding hydrogens is 397 g/mol. The summed E-state index contributed by atoms with van der Waals surface area (Å²) in [5.41, 5.74) is 0.188. The summed E-state index contributed by atoms with van der Waals surface area (Å²) in [6.45, 7) is -0.232. The van der Waals surface area contributed by atoms with Gasteiger partial charge in [-0.15, -0.1) is 11.3 Å². The molecule has 1 aromatic carbocycles. The van der Waals surface area contributed by atoms with Crippen molar-refractivity contribution in [3.05, 3.63) is 50.4 Å². The lowest BCUT2D eigenvalue weighted by atomic mass is 10.2. The fourth-order valence-electron chi connectivity index (χ4n) is 1.68. The van der Waals surface area contributed by atoms with Crippen LogP contribution in [-0.2, 0) is 21.3 Å². The summed E-state index contributed by atoms with van der Waals surface area (Å²) in [5, 5.41) is 1.47. The van der Waals surface area contributed by atoms with E-state index >= 15 is 0 Å². The van der Waals surface area contributed by atoms with E-state index in [4.69, 9.17) is 0 Å². The highest BCUT2D eigenvalue weighted by atomic mass is 79.9. The SMILES string of the molecule is COC(=O)c1sccc1S(=O)(=O)NCc1cc(Br)ccc1F. The number of benzene rings is 1. The van der Waals surface area contributed by atoms with Crippen molar-refractivity contribution >= 4 is 43.3 Å². The van der Waals surface area contributed by atoms with Gasteiger partial charge in [0.2, 0.25) is 10.0 Å². The van der Waals surface area contributed by atoms with Crippen molar-refractivity contribution in [3.63, 3.8) is 0 Å². The highest BCUT2D eigenvalue weighted by Gasteiger charge is 2.24. The Labute approximate surface area is 139 Å². The molecule has 0 saturated carbocycles. The molecule has 0 aliphatic heterocycles. The molecule has 0 aliphatic carbocycles. The zero-order valence-electron chi connectivity index (χ0n) is 11.3. The Hall–Kier alpha value is -1.29. The van der Waals surface area contributed by atoms with Crippen molar-refractivity contribution in [2.45, 2.75) is 11.4 Å². The molecule has 5 nitrogen and oxygen atoms in total.